The molecule has 1 amide bonds. The second kappa shape index (κ2) is 7.24. The molecule has 5 nitrogen and oxygen atoms in total. The van der Waals surface area contributed by atoms with Crippen LogP contribution >= 0.6 is 0 Å². The SMILES string of the molecule is CC[C@H](C(=O)NCc1[nH]cc(C)c(=O)c1C)N(C)CC. The molecule has 0 aliphatic rings. The third-order valence-electron chi connectivity index (χ3n) is 3.77. The smallest absolute Gasteiger partial charge is 0.237 e. The van der Waals surface area contributed by atoms with Crippen molar-refractivity contribution in [3.8, 4) is 0 Å². The molecule has 0 unspecified atom stereocenters. The first-order valence-electron chi connectivity index (χ1n) is 7.08. The highest BCUT2D eigenvalue weighted by Crippen LogP contribution is 2.04. The minimum atomic E-state index is -0.127. The van der Waals surface area contributed by atoms with Crippen LogP contribution in [-0.4, -0.2) is 35.4 Å². The summed E-state index contributed by atoms with van der Waals surface area (Å²) in [6, 6.07) is -0.127. The molecule has 20 heavy (non-hydrogen) atoms. The van der Waals surface area contributed by atoms with Crippen LogP contribution in [0.1, 0.15) is 37.1 Å². The molecule has 2 N–H and O–H groups in total. The second-order valence-electron chi connectivity index (χ2n) is 5.12. The number of aromatic nitrogens is 1. The summed E-state index contributed by atoms with van der Waals surface area (Å²) < 4.78 is 0. The van der Waals surface area contributed by atoms with Crippen molar-refractivity contribution in [2.45, 2.75) is 46.7 Å². The van der Waals surface area contributed by atoms with Crippen LogP contribution in [0.15, 0.2) is 11.0 Å². The Labute approximate surface area is 120 Å². The molecule has 0 fully saturated rings. The van der Waals surface area contributed by atoms with Crippen molar-refractivity contribution in [2.75, 3.05) is 13.6 Å². The highest BCUT2D eigenvalue weighted by Gasteiger charge is 2.20. The molecule has 0 saturated heterocycles. The van der Waals surface area contributed by atoms with Crippen LogP contribution in [0.5, 0.6) is 0 Å². The number of hydrogen-bond acceptors (Lipinski definition) is 3. The van der Waals surface area contributed by atoms with Crippen LogP contribution in [0, 0.1) is 13.8 Å². The number of hydrogen-bond donors (Lipinski definition) is 2. The van der Waals surface area contributed by atoms with Gasteiger partial charge in [-0.3, -0.25) is 14.5 Å². The van der Waals surface area contributed by atoms with Gasteiger partial charge >= 0.3 is 0 Å². The van der Waals surface area contributed by atoms with Gasteiger partial charge in [0.25, 0.3) is 0 Å². The van der Waals surface area contributed by atoms with Gasteiger partial charge in [0.1, 0.15) is 0 Å². The van der Waals surface area contributed by atoms with Gasteiger partial charge in [0, 0.05) is 23.0 Å². The number of nitrogens with zero attached hydrogens (tertiary/aromatic N) is 1. The molecule has 1 aromatic heterocycles. The van der Waals surface area contributed by atoms with E-state index in [0.29, 0.717) is 17.7 Å². The Kier molecular flexibility index (Phi) is 5.95. The van der Waals surface area contributed by atoms with E-state index in [1.807, 2.05) is 25.8 Å². The third-order valence-corrected chi connectivity index (χ3v) is 3.77. The van der Waals surface area contributed by atoms with Crippen molar-refractivity contribution >= 4 is 5.91 Å². The lowest BCUT2D eigenvalue weighted by atomic mass is 10.1. The topological polar surface area (TPSA) is 65.2 Å². The van der Waals surface area contributed by atoms with Crippen LogP contribution in [0.2, 0.25) is 0 Å². The number of H-pyrrole nitrogens is 1. The van der Waals surface area contributed by atoms with Crippen molar-refractivity contribution < 1.29 is 4.79 Å². The normalized spacial score (nSPS) is 12.5. The van der Waals surface area contributed by atoms with E-state index in [0.717, 1.165) is 18.7 Å². The average molecular weight is 279 g/mol. The molecule has 0 saturated carbocycles. The molecule has 0 aliphatic heterocycles. The van der Waals surface area contributed by atoms with Gasteiger partial charge in [-0.15, -0.1) is 0 Å². The fraction of sp³-hybridized carbons (Fsp3) is 0.600. The Hall–Kier alpha value is -1.62. The van der Waals surface area contributed by atoms with E-state index in [1.54, 1.807) is 20.0 Å². The minimum absolute atomic E-state index is 0.00215. The zero-order valence-corrected chi connectivity index (χ0v) is 13.0. The number of amides is 1. The number of rotatable bonds is 6. The van der Waals surface area contributed by atoms with Crippen molar-refractivity contribution in [1.82, 2.24) is 15.2 Å². The van der Waals surface area contributed by atoms with E-state index in [1.165, 1.54) is 0 Å². The van der Waals surface area contributed by atoms with Crippen molar-refractivity contribution in [1.29, 1.82) is 0 Å². The van der Waals surface area contributed by atoms with Gasteiger partial charge in [-0.25, -0.2) is 0 Å². The molecule has 0 bridgehead atoms. The molecular formula is C15H25N3O2. The summed E-state index contributed by atoms with van der Waals surface area (Å²) in [6.07, 6.45) is 2.45. The number of aryl methyl sites for hydroxylation is 1. The van der Waals surface area contributed by atoms with E-state index in [-0.39, 0.29) is 17.4 Å². The van der Waals surface area contributed by atoms with E-state index < -0.39 is 0 Å². The molecule has 0 radical (unpaired) electrons. The highest BCUT2D eigenvalue weighted by atomic mass is 16.2. The van der Waals surface area contributed by atoms with E-state index in [4.69, 9.17) is 0 Å². The maximum absolute atomic E-state index is 12.2. The van der Waals surface area contributed by atoms with Crippen molar-refractivity contribution in [3.05, 3.63) is 33.2 Å². The predicted molar refractivity (Wildman–Crippen MR) is 80.8 cm³/mol. The van der Waals surface area contributed by atoms with Gasteiger partial charge in [-0.1, -0.05) is 13.8 Å². The van der Waals surface area contributed by atoms with E-state index in [2.05, 4.69) is 10.3 Å². The Morgan fingerprint density at radius 1 is 1.40 bits per heavy atom. The van der Waals surface area contributed by atoms with Crippen LogP contribution in [0.3, 0.4) is 0 Å². The fourth-order valence-corrected chi connectivity index (χ4v) is 2.20. The van der Waals surface area contributed by atoms with Gasteiger partial charge in [0.05, 0.1) is 12.6 Å². The number of pyridine rings is 1. The molecule has 1 heterocycles. The van der Waals surface area contributed by atoms with Gasteiger partial charge in [-0.2, -0.15) is 0 Å². The minimum Gasteiger partial charge on any atom is -0.363 e. The maximum atomic E-state index is 12.2. The molecule has 5 heteroatoms. The van der Waals surface area contributed by atoms with Crippen molar-refractivity contribution in [2.24, 2.45) is 0 Å². The molecule has 1 aromatic rings. The van der Waals surface area contributed by atoms with Gasteiger partial charge in [0.2, 0.25) is 5.91 Å². The van der Waals surface area contributed by atoms with E-state index >= 15 is 0 Å². The Morgan fingerprint density at radius 2 is 2.05 bits per heavy atom. The molecule has 0 aromatic carbocycles. The molecule has 0 aliphatic carbocycles. The summed E-state index contributed by atoms with van der Waals surface area (Å²) in [5.41, 5.74) is 2.16. The zero-order valence-electron chi connectivity index (χ0n) is 13.0. The van der Waals surface area contributed by atoms with Crippen LogP contribution in [0.25, 0.3) is 0 Å². The lowest BCUT2D eigenvalue weighted by molar-refractivity contribution is -0.126. The lowest BCUT2D eigenvalue weighted by Crippen LogP contribution is -2.44. The largest absolute Gasteiger partial charge is 0.363 e. The quantitative estimate of drug-likeness (QED) is 0.826. The van der Waals surface area contributed by atoms with Crippen LogP contribution < -0.4 is 10.7 Å². The molecule has 1 atom stereocenters. The number of carbonyl (C=O) groups is 1. The molecular weight excluding hydrogens is 254 g/mol. The van der Waals surface area contributed by atoms with E-state index in [9.17, 15) is 9.59 Å². The maximum Gasteiger partial charge on any atom is 0.237 e. The third kappa shape index (κ3) is 3.70. The van der Waals surface area contributed by atoms with Gasteiger partial charge < -0.3 is 10.3 Å². The Balaban J connectivity index is 2.75. The number of likely N-dealkylation sites (N-methyl/N-ethyl adjacent to an activating group) is 1. The summed E-state index contributed by atoms with van der Waals surface area (Å²) in [4.78, 5) is 29.1. The molecule has 112 valence electrons. The lowest BCUT2D eigenvalue weighted by Gasteiger charge is -2.24. The molecule has 1 rings (SSSR count). The predicted octanol–water partition coefficient (Wildman–Crippen LogP) is 1.34. The van der Waals surface area contributed by atoms with Crippen LogP contribution in [-0.2, 0) is 11.3 Å². The Morgan fingerprint density at radius 3 is 2.60 bits per heavy atom. The summed E-state index contributed by atoms with van der Waals surface area (Å²) in [5.74, 6) is -0.00215. The number of nitrogens with one attached hydrogen (secondary N) is 2. The van der Waals surface area contributed by atoms with Gasteiger partial charge in [-0.05, 0) is 33.9 Å². The monoisotopic (exact) mass is 279 g/mol. The first-order chi connectivity index (χ1) is 9.42. The Bertz CT molecular complexity index is 522. The first kappa shape index (κ1) is 16.4. The van der Waals surface area contributed by atoms with Crippen molar-refractivity contribution in [3.63, 3.8) is 0 Å². The summed E-state index contributed by atoms with van der Waals surface area (Å²) in [6.45, 7) is 8.76. The number of carbonyl (C=O) groups excluding carboxylic acids is 1. The summed E-state index contributed by atoms with van der Waals surface area (Å²) in [5, 5.41) is 2.90. The fourth-order valence-electron chi connectivity index (χ4n) is 2.20. The highest BCUT2D eigenvalue weighted by molar-refractivity contribution is 5.81. The second-order valence-corrected chi connectivity index (χ2v) is 5.12. The first-order valence-corrected chi connectivity index (χ1v) is 7.08. The van der Waals surface area contributed by atoms with Crippen LogP contribution in [0.4, 0.5) is 0 Å². The summed E-state index contributed by atoms with van der Waals surface area (Å²) >= 11 is 0. The zero-order chi connectivity index (χ0) is 15.3. The summed E-state index contributed by atoms with van der Waals surface area (Å²) in [7, 11) is 1.94. The van der Waals surface area contributed by atoms with Gasteiger partial charge in [0.15, 0.2) is 5.43 Å². The standard InChI is InChI=1S/C15H25N3O2/c1-6-13(18(5)7-2)15(20)17-9-12-11(4)14(19)10(3)8-16-12/h8,13H,6-7,9H2,1-5H3,(H,16,19)(H,17,20)/t13-/m1/s1. The number of aromatic amines is 1. The molecule has 0 spiro atoms. The average Bonchev–Trinajstić information content (AvgIpc) is 2.44.